The maximum absolute atomic E-state index is 2.76. The molecule has 3 heteroatoms. The van der Waals surface area contributed by atoms with Gasteiger partial charge in [-0.2, -0.15) is 0 Å². The first-order valence-corrected chi connectivity index (χ1v) is 13.1. The van der Waals surface area contributed by atoms with E-state index in [1.807, 2.05) is 0 Å². The van der Waals surface area contributed by atoms with Gasteiger partial charge in [0.05, 0.1) is 33.4 Å². The minimum atomic E-state index is 0.577. The van der Waals surface area contributed by atoms with Crippen molar-refractivity contribution >= 4 is 11.4 Å². The Balaban J connectivity index is 1.64. The number of aryl methyl sites for hydroxylation is 6. The number of piperidine rings is 1. The Morgan fingerprint density at radius 2 is 1.27 bits per heavy atom. The number of hydrogen-bond donors (Lipinski definition) is 0. The van der Waals surface area contributed by atoms with Crippen molar-refractivity contribution in [3.8, 4) is 0 Å². The van der Waals surface area contributed by atoms with E-state index in [4.69, 9.17) is 0 Å². The zero-order valence-corrected chi connectivity index (χ0v) is 22.5. The molecule has 180 valence electrons. The van der Waals surface area contributed by atoms with Gasteiger partial charge < -0.3 is 14.3 Å². The lowest BCUT2D eigenvalue weighted by molar-refractivity contribution is -0.913. The fraction of sp³-hybridized carbons (Fsp3) is 0.600. The highest BCUT2D eigenvalue weighted by Gasteiger charge is 2.37. The van der Waals surface area contributed by atoms with E-state index in [0.717, 1.165) is 19.1 Å². The summed E-state index contributed by atoms with van der Waals surface area (Å²) < 4.78 is 1.26. The van der Waals surface area contributed by atoms with Crippen LogP contribution in [0.5, 0.6) is 0 Å². The molecule has 2 aliphatic heterocycles. The predicted molar refractivity (Wildman–Crippen MR) is 144 cm³/mol. The lowest BCUT2D eigenvalue weighted by atomic mass is 9.88. The van der Waals surface area contributed by atoms with Crippen molar-refractivity contribution in [3.63, 3.8) is 0 Å². The zero-order chi connectivity index (χ0) is 23.9. The quantitative estimate of drug-likeness (QED) is 0.485. The van der Waals surface area contributed by atoms with Crippen LogP contribution in [0.2, 0.25) is 0 Å². The van der Waals surface area contributed by atoms with Gasteiger partial charge in [0, 0.05) is 24.0 Å². The molecule has 1 unspecified atom stereocenters. The molecule has 0 radical (unpaired) electrons. The van der Waals surface area contributed by atoms with Crippen molar-refractivity contribution in [2.45, 2.75) is 73.8 Å². The molecule has 2 saturated heterocycles. The van der Waals surface area contributed by atoms with E-state index in [1.54, 1.807) is 0 Å². The number of nitrogens with zero attached hydrogens (tertiary/aromatic N) is 3. The molecular weight excluding hydrogens is 402 g/mol. The van der Waals surface area contributed by atoms with Gasteiger partial charge in [-0.25, -0.2) is 0 Å². The first-order valence-electron chi connectivity index (χ1n) is 13.1. The lowest BCUT2D eigenvalue weighted by Crippen LogP contribution is -2.50. The average Bonchev–Trinajstić information content (AvgIpc) is 3.11. The normalized spacial score (nSPS) is 25.7. The molecule has 2 aromatic rings. The van der Waals surface area contributed by atoms with Crippen LogP contribution in [0.4, 0.5) is 11.4 Å². The van der Waals surface area contributed by atoms with Crippen LogP contribution in [-0.2, 0) is 0 Å². The molecule has 4 rings (SSSR count). The molecule has 0 N–H and O–H groups in total. The molecule has 2 aromatic carbocycles. The fourth-order valence-corrected chi connectivity index (χ4v) is 6.81. The third kappa shape index (κ3) is 4.94. The van der Waals surface area contributed by atoms with Gasteiger partial charge in [0.2, 0.25) is 0 Å². The van der Waals surface area contributed by atoms with Gasteiger partial charge in [-0.05, 0) is 95.9 Å². The molecule has 0 aliphatic carbocycles. The van der Waals surface area contributed by atoms with Gasteiger partial charge in [-0.3, -0.25) is 0 Å². The van der Waals surface area contributed by atoms with Crippen LogP contribution in [0.3, 0.4) is 0 Å². The van der Waals surface area contributed by atoms with Crippen molar-refractivity contribution in [1.29, 1.82) is 0 Å². The van der Waals surface area contributed by atoms with Crippen LogP contribution >= 0.6 is 0 Å². The van der Waals surface area contributed by atoms with Crippen molar-refractivity contribution in [3.05, 3.63) is 57.6 Å². The molecule has 0 saturated carbocycles. The predicted octanol–water partition coefficient (Wildman–Crippen LogP) is 6.46. The number of benzene rings is 2. The lowest BCUT2D eigenvalue weighted by Gasteiger charge is -2.41. The summed E-state index contributed by atoms with van der Waals surface area (Å²) in [6.45, 7) is 22.1. The summed E-state index contributed by atoms with van der Waals surface area (Å²) in [6, 6.07) is 10.0. The first-order chi connectivity index (χ1) is 15.6. The number of quaternary nitrogens is 1. The summed E-state index contributed by atoms with van der Waals surface area (Å²) in [5.74, 6) is 0.849. The van der Waals surface area contributed by atoms with E-state index in [9.17, 15) is 0 Å². The van der Waals surface area contributed by atoms with E-state index >= 15 is 0 Å². The standard InChI is InChI=1S/C30H46N3/c1-9-33(8)12-10-27(11-13-33)18-28-19-31(29-23(4)14-21(2)15-24(29)5)20-32(28)30-25(6)16-22(3)17-26(30)7/h14-17,27-28H,9-13,18-20H2,1-8H3/q+1. The van der Waals surface area contributed by atoms with Crippen molar-refractivity contribution in [2.24, 2.45) is 5.92 Å². The molecule has 0 aromatic heterocycles. The Bertz CT molecular complexity index is 954. The summed E-state index contributed by atoms with van der Waals surface area (Å²) in [5.41, 5.74) is 11.3. The Kier molecular flexibility index (Phi) is 6.82. The van der Waals surface area contributed by atoms with Gasteiger partial charge >= 0.3 is 0 Å². The Labute approximate surface area is 203 Å². The number of rotatable bonds is 5. The fourth-order valence-electron chi connectivity index (χ4n) is 6.81. The van der Waals surface area contributed by atoms with Gasteiger partial charge in [0.15, 0.2) is 0 Å². The molecule has 0 bridgehead atoms. The van der Waals surface area contributed by atoms with Crippen LogP contribution in [0, 0.1) is 47.5 Å². The molecule has 2 heterocycles. The van der Waals surface area contributed by atoms with Gasteiger partial charge in [-0.15, -0.1) is 0 Å². The van der Waals surface area contributed by atoms with Gasteiger partial charge in [0.1, 0.15) is 0 Å². The minimum Gasteiger partial charge on any atom is -0.351 e. The van der Waals surface area contributed by atoms with E-state index in [-0.39, 0.29) is 0 Å². The molecule has 1 atom stereocenters. The van der Waals surface area contributed by atoms with Crippen LogP contribution in [0.15, 0.2) is 24.3 Å². The molecule has 2 aliphatic rings. The highest BCUT2D eigenvalue weighted by Crippen LogP contribution is 2.38. The Morgan fingerprint density at radius 3 is 1.76 bits per heavy atom. The molecule has 0 amide bonds. The number of hydrogen-bond acceptors (Lipinski definition) is 2. The van der Waals surface area contributed by atoms with Gasteiger partial charge in [0.25, 0.3) is 0 Å². The van der Waals surface area contributed by atoms with Crippen LogP contribution in [-0.4, -0.2) is 50.4 Å². The third-order valence-electron chi connectivity index (χ3n) is 8.59. The largest absolute Gasteiger partial charge is 0.351 e. The van der Waals surface area contributed by atoms with E-state index in [2.05, 4.69) is 89.6 Å². The summed E-state index contributed by atoms with van der Waals surface area (Å²) in [5, 5.41) is 0. The van der Waals surface area contributed by atoms with Crippen molar-refractivity contribution in [2.75, 3.05) is 49.7 Å². The first kappa shape index (κ1) is 24.1. The number of anilines is 2. The minimum absolute atomic E-state index is 0.577. The Morgan fingerprint density at radius 1 is 0.788 bits per heavy atom. The zero-order valence-electron chi connectivity index (χ0n) is 22.5. The molecule has 2 fully saturated rings. The second kappa shape index (κ2) is 9.33. The smallest absolute Gasteiger partial charge is 0.0907 e. The highest BCUT2D eigenvalue weighted by molar-refractivity contribution is 5.67. The van der Waals surface area contributed by atoms with Crippen LogP contribution in [0.1, 0.15) is 59.6 Å². The maximum Gasteiger partial charge on any atom is 0.0907 e. The monoisotopic (exact) mass is 448 g/mol. The van der Waals surface area contributed by atoms with E-state index in [1.165, 1.54) is 88.1 Å². The van der Waals surface area contributed by atoms with Crippen LogP contribution < -0.4 is 9.80 Å². The molecular formula is C30H46N3+. The SMILES string of the molecule is CC[N+]1(C)CCC(CC2CN(c3c(C)cc(C)cc3C)CN2c2c(C)cc(C)cc2C)CC1. The summed E-state index contributed by atoms with van der Waals surface area (Å²) >= 11 is 0. The van der Waals surface area contributed by atoms with E-state index in [0.29, 0.717) is 6.04 Å². The molecule has 33 heavy (non-hydrogen) atoms. The van der Waals surface area contributed by atoms with Crippen LogP contribution in [0.25, 0.3) is 0 Å². The van der Waals surface area contributed by atoms with Crippen molar-refractivity contribution < 1.29 is 4.48 Å². The third-order valence-corrected chi connectivity index (χ3v) is 8.59. The second-order valence-electron chi connectivity index (χ2n) is 11.5. The van der Waals surface area contributed by atoms with E-state index < -0.39 is 0 Å². The average molecular weight is 449 g/mol. The maximum atomic E-state index is 2.76. The molecule has 3 nitrogen and oxygen atoms in total. The summed E-state index contributed by atoms with van der Waals surface area (Å²) in [7, 11) is 2.45. The summed E-state index contributed by atoms with van der Waals surface area (Å²) in [6.07, 6.45) is 4.07. The topological polar surface area (TPSA) is 6.48 Å². The molecule has 0 spiro atoms. The number of likely N-dealkylation sites (tertiary alicyclic amines) is 1. The van der Waals surface area contributed by atoms with Crippen molar-refractivity contribution in [1.82, 2.24) is 0 Å². The summed E-state index contributed by atoms with van der Waals surface area (Å²) in [4.78, 5) is 5.42. The van der Waals surface area contributed by atoms with Gasteiger partial charge in [-0.1, -0.05) is 35.4 Å². The highest BCUT2D eigenvalue weighted by atomic mass is 15.4. The Hall–Kier alpha value is -2.00. The second-order valence-corrected chi connectivity index (χ2v) is 11.5.